The molecule has 5 heteroatoms. The van der Waals surface area contributed by atoms with Crippen LogP contribution >= 0.6 is 0 Å². The number of ether oxygens (including phenoxy) is 1. The number of hydrogen-bond donors (Lipinski definition) is 1. The van der Waals surface area contributed by atoms with Crippen molar-refractivity contribution < 1.29 is 14.3 Å². The van der Waals surface area contributed by atoms with E-state index in [1.807, 2.05) is 56.3 Å². The number of hydrogen-bond acceptors (Lipinski definition) is 3. The zero-order valence-corrected chi connectivity index (χ0v) is 15.8. The normalized spacial score (nSPS) is 10.3. The minimum atomic E-state index is -0.158. The second kappa shape index (κ2) is 9.04. The fourth-order valence-electron chi connectivity index (χ4n) is 2.87. The monoisotopic (exact) mass is 354 g/mol. The minimum Gasteiger partial charge on any atom is -0.495 e. The summed E-state index contributed by atoms with van der Waals surface area (Å²) in [5.41, 5.74) is 3.62. The van der Waals surface area contributed by atoms with Crippen LogP contribution in [0.1, 0.15) is 31.4 Å². The van der Waals surface area contributed by atoms with Gasteiger partial charge in [-0.05, 0) is 42.7 Å². The van der Waals surface area contributed by atoms with Gasteiger partial charge in [-0.15, -0.1) is 0 Å². The molecule has 138 valence electrons. The maximum absolute atomic E-state index is 12.4. The van der Waals surface area contributed by atoms with E-state index in [2.05, 4.69) is 5.32 Å². The maximum Gasteiger partial charge on any atom is 0.226 e. The third kappa shape index (κ3) is 4.85. The van der Waals surface area contributed by atoms with Crippen LogP contribution < -0.4 is 15.0 Å². The fourth-order valence-corrected chi connectivity index (χ4v) is 2.87. The van der Waals surface area contributed by atoms with Crippen LogP contribution in [0.4, 0.5) is 11.4 Å². The topological polar surface area (TPSA) is 58.6 Å². The molecule has 0 radical (unpaired) electrons. The van der Waals surface area contributed by atoms with Gasteiger partial charge in [0.2, 0.25) is 11.8 Å². The zero-order valence-electron chi connectivity index (χ0n) is 15.8. The van der Waals surface area contributed by atoms with Crippen molar-refractivity contribution in [3.8, 4) is 5.75 Å². The second-order valence-electron chi connectivity index (χ2n) is 6.15. The van der Waals surface area contributed by atoms with Crippen molar-refractivity contribution in [2.24, 2.45) is 0 Å². The molecule has 5 nitrogen and oxygen atoms in total. The van der Waals surface area contributed by atoms with E-state index < -0.39 is 0 Å². The molecule has 2 aromatic rings. The van der Waals surface area contributed by atoms with E-state index in [1.54, 1.807) is 12.0 Å². The summed E-state index contributed by atoms with van der Waals surface area (Å²) in [7, 11) is 1.57. The highest BCUT2D eigenvalue weighted by atomic mass is 16.5. The van der Waals surface area contributed by atoms with Gasteiger partial charge in [-0.1, -0.05) is 31.2 Å². The Morgan fingerprint density at radius 2 is 1.88 bits per heavy atom. The molecule has 0 spiro atoms. The van der Waals surface area contributed by atoms with Gasteiger partial charge in [-0.25, -0.2) is 0 Å². The number of benzene rings is 2. The highest BCUT2D eigenvalue weighted by molar-refractivity contribution is 5.96. The lowest BCUT2D eigenvalue weighted by molar-refractivity contribution is -0.117. The van der Waals surface area contributed by atoms with Crippen LogP contribution in [0.2, 0.25) is 0 Å². The van der Waals surface area contributed by atoms with E-state index in [9.17, 15) is 9.59 Å². The molecule has 2 rings (SSSR count). The molecular formula is C21H26N2O3. The van der Waals surface area contributed by atoms with Crippen molar-refractivity contribution in [1.82, 2.24) is 0 Å². The van der Waals surface area contributed by atoms with Gasteiger partial charge in [-0.2, -0.15) is 0 Å². The van der Waals surface area contributed by atoms with Gasteiger partial charge in [0.1, 0.15) is 5.75 Å². The summed E-state index contributed by atoms with van der Waals surface area (Å²) in [6, 6.07) is 13.4. The molecule has 1 N–H and O–H groups in total. The van der Waals surface area contributed by atoms with Crippen LogP contribution in [-0.4, -0.2) is 25.5 Å². The lowest BCUT2D eigenvalue weighted by Crippen LogP contribution is -2.32. The summed E-state index contributed by atoms with van der Waals surface area (Å²) in [4.78, 5) is 26.2. The highest BCUT2D eigenvalue weighted by Gasteiger charge is 2.16. The van der Waals surface area contributed by atoms with Crippen LogP contribution in [0.25, 0.3) is 0 Å². The summed E-state index contributed by atoms with van der Waals surface area (Å²) >= 11 is 0. The molecule has 0 aromatic heterocycles. The number of nitrogens with one attached hydrogen (secondary N) is 1. The summed E-state index contributed by atoms with van der Waals surface area (Å²) < 4.78 is 5.29. The Kier molecular flexibility index (Phi) is 6.78. The molecule has 0 unspecified atom stereocenters. The Morgan fingerprint density at radius 1 is 1.15 bits per heavy atom. The summed E-state index contributed by atoms with van der Waals surface area (Å²) in [5.74, 6) is 0.379. The Bertz CT molecular complexity index is 787. The first-order valence-electron chi connectivity index (χ1n) is 8.76. The molecule has 0 heterocycles. The molecule has 0 saturated carbocycles. The number of amides is 2. The van der Waals surface area contributed by atoms with E-state index in [1.165, 1.54) is 6.92 Å². The molecule has 0 saturated heterocycles. The van der Waals surface area contributed by atoms with Crippen molar-refractivity contribution in [2.75, 3.05) is 23.9 Å². The molecule has 0 aliphatic carbocycles. The van der Waals surface area contributed by atoms with Gasteiger partial charge in [0.05, 0.1) is 12.8 Å². The molecule has 0 aliphatic rings. The molecule has 26 heavy (non-hydrogen) atoms. The molecule has 0 aliphatic heterocycles. The summed E-state index contributed by atoms with van der Waals surface area (Å²) in [6.45, 7) is 5.85. The first kappa shape index (κ1) is 19.5. The predicted octanol–water partition coefficient (Wildman–Crippen LogP) is 3.95. The van der Waals surface area contributed by atoms with Crippen LogP contribution in [0.3, 0.4) is 0 Å². The van der Waals surface area contributed by atoms with Gasteiger partial charge >= 0.3 is 0 Å². The minimum absolute atomic E-state index is 0.0770. The number of carbonyl (C=O) groups is 2. The van der Waals surface area contributed by atoms with Crippen LogP contribution in [-0.2, 0) is 16.0 Å². The highest BCUT2D eigenvalue weighted by Crippen LogP contribution is 2.26. The molecule has 0 atom stereocenters. The number of anilines is 2. The van der Waals surface area contributed by atoms with Crippen molar-refractivity contribution >= 4 is 23.2 Å². The van der Waals surface area contributed by atoms with Crippen molar-refractivity contribution in [1.29, 1.82) is 0 Å². The van der Waals surface area contributed by atoms with E-state index in [4.69, 9.17) is 4.74 Å². The van der Waals surface area contributed by atoms with E-state index in [0.29, 0.717) is 18.0 Å². The van der Waals surface area contributed by atoms with Crippen molar-refractivity contribution in [3.63, 3.8) is 0 Å². The Labute approximate surface area is 155 Å². The Morgan fingerprint density at radius 3 is 2.54 bits per heavy atom. The molecule has 2 amide bonds. The third-order valence-electron chi connectivity index (χ3n) is 4.23. The number of methoxy groups -OCH3 is 1. The zero-order chi connectivity index (χ0) is 19.1. The third-order valence-corrected chi connectivity index (χ3v) is 4.23. The van der Waals surface area contributed by atoms with Crippen LogP contribution in [0, 0.1) is 6.92 Å². The van der Waals surface area contributed by atoms with Gasteiger partial charge in [-0.3, -0.25) is 9.59 Å². The number of aryl methyl sites for hydroxylation is 2. The maximum atomic E-state index is 12.4. The largest absolute Gasteiger partial charge is 0.495 e. The van der Waals surface area contributed by atoms with Crippen molar-refractivity contribution in [3.05, 3.63) is 53.6 Å². The lowest BCUT2D eigenvalue weighted by Gasteiger charge is -2.23. The van der Waals surface area contributed by atoms with Gasteiger partial charge < -0.3 is 15.0 Å². The number of rotatable bonds is 7. The molecule has 2 aromatic carbocycles. The van der Waals surface area contributed by atoms with Gasteiger partial charge in [0, 0.05) is 25.6 Å². The van der Waals surface area contributed by atoms with Crippen LogP contribution in [0.15, 0.2) is 42.5 Å². The van der Waals surface area contributed by atoms with E-state index in [-0.39, 0.29) is 18.2 Å². The Balaban J connectivity index is 2.09. The fraction of sp³-hybridized carbons (Fsp3) is 0.333. The number of para-hydroxylation sites is 1. The SMILES string of the molecule is CCc1ccccc1N(CCC(=O)Nc1cc(C)ccc1OC)C(C)=O. The van der Waals surface area contributed by atoms with Crippen molar-refractivity contribution in [2.45, 2.75) is 33.6 Å². The van der Waals surface area contributed by atoms with Gasteiger partial charge in [0.15, 0.2) is 0 Å². The number of carbonyl (C=O) groups excluding carboxylic acids is 2. The summed E-state index contributed by atoms with van der Waals surface area (Å²) in [6.07, 6.45) is 1.03. The quantitative estimate of drug-likeness (QED) is 0.819. The number of nitrogens with zero attached hydrogens (tertiary/aromatic N) is 1. The molecule has 0 bridgehead atoms. The first-order chi connectivity index (χ1) is 12.5. The second-order valence-corrected chi connectivity index (χ2v) is 6.15. The predicted molar refractivity (Wildman–Crippen MR) is 105 cm³/mol. The van der Waals surface area contributed by atoms with E-state index in [0.717, 1.165) is 23.2 Å². The van der Waals surface area contributed by atoms with Gasteiger partial charge in [0.25, 0.3) is 0 Å². The smallest absolute Gasteiger partial charge is 0.226 e. The first-order valence-corrected chi connectivity index (χ1v) is 8.76. The Hall–Kier alpha value is -2.82. The average molecular weight is 354 g/mol. The van der Waals surface area contributed by atoms with Crippen LogP contribution in [0.5, 0.6) is 5.75 Å². The lowest BCUT2D eigenvalue weighted by atomic mass is 10.1. The molecule has 0 fully saturated rings. The average Bonchev–Trinajstić information content (AvgIpc) is 2.62. The summed E-state index contributed by atoms with van der Waals surface area (Å²) in [5, 5.41) is 2.87. The molecular weight excluding hydrogens is 328 g/mol. The standard InChI is InChI=1S/C21H26N2O3/c1-5-17-8-6-7-9-19(17)23(16(3)24)13-12-21(25)22-18-14-15(2)10-11-20(18)26-4/h6-11,14H,5,12-13H2,1-4H3,(H,22,25). The van der Waals surface area contributed by atoms with E-state index >= 15 is 0 Å².